The normalized spacial score (nSPS) is 14.7. The molecule has 2 aromatic heterocycles. The number of hydrogen-bond acceptors (Lipinski definition) is 6. The molecule has 188 valence electrons. The third kappa shape index (κ3) is 4.52. The van der Waals surface area contributed by atoms with E-state index in [1.54, 1.807) is 30.1 Å². The fourth-order valence-corrected chi connectivity index (χ4v) is 4.77. The summed E-state index contributed by atoms with van der Waals surface area (Å²) < 4.78 is 36.6. The van der Waals surface area contributed by atoms with Crippen molar-refractivity contribution in [3.8, 4) is 34.0 Å². The van der Waals surface area contributed by atoms with Gasteiger partial charge in [-0.05, 0) is 72.4 Å². The molecule has 1 aliphatic rings. The number of hydrogen-bond donors (Lipinski definition) is 2. The van der Waals surface area contributed by atoms with E-state index in [-0.39, 0.29) is 17.3 Å². The lowest BCUT2D eigenvalue weighted by atomic mass is 9.80. The fraction of sp³-hybridized carbons (Fsp3) is 0.250. The van der Waals surface area contributed by atoms with E-state index < -0.39 is 11.4 Å². The number of nitrogens with zero attached hydrogens (tertiary/aromatic N) is 4. The average molecular weight is 502 g/mol. The van der Waals surface area contributed by atoms with Gasteiger partial charge in [0.25, 0.3) is 0 Å². The molecule has 1 saturated carbocycles. The van der Waals surface area contributed by atoms with Crippen LogP contribution in [0.1, 0.15) is 24.8 Å². The predicted octanol–water partition coefficient (Wildman–Crippen LogP) is 5.24. The Balaban J connectivity index is 1.31. The van der Waals surface area contributed by atoms with Crippen molar-refractivity contribution < 1.29 is 18.3 Å². The van der Waals surface area contributed by atoms with Crippen LogP contribution in [-0.2, 0) is 13.6 Å². The zero-order chi connectivity index (χ0) is 25.6. The molecule has 37 heavy (non-hydrogen) atoms. The van der Waals surface area contributed by atoms with Crippen molar-refractivity contribution in [2.45, 2.75) is 31.4 Å². The minimum Gasteiger partial charge on any atom is -0.433 e. The lowest BCUT2D eigenvalue weighted by Gasteiger charge is -2.36. The number of fused-ring (bicyclic) bond motifs is 1. The molecule has 0 unspecified atom stereocenters. The summed E-state index contributed by atoms with van der Waals surface area (Å²) in [7, 11) is 1.80. The van der Waals surface area contributed by atoms with Crippen LogP contribution in [0.25, 0.3) is 45.1 Å². The smallest absolute Gasteiger partial charge is 0.227 e. The second kappa shape index (κ2) is 9.17. The number of aromatic nitrogens is 4. The van der Waals surface area contributed by atoms with Gasteiger partial charge >= 0.3 is 0 Å². The number of nitrogens with one attached hydrogen (secondary N) is 1. The Hall–Kier alpha value is -3.95. The molecule has 0 saturated heterocycles. The van der Waals surface area contributed by atoms with Crippen molar-refractivity contribution in [2.24, 2.45) is 7.05 Å². The van der Waals surface area contributed by atoms with Gasteiger partial charge in [0.1, 0.15) is 17.7 Å². The van der Waals surface area contributed by atoms with Gasteiger partial charge in [-0.15, -0.1) is 10.2 Å². The summed E-state index contributed by atoms with van der Waals surface area (Å²) in [6, 6.07) is 15.2. The van der Waals surface area contributed by atoms with Crippen LogP contribution in [-0.4, -0.2) is 37.0 Å². The maximum Gasteiger partial charge on any atom is 0.227 e. The minimum atomic E-state index is -0.647. The number of halogens is 2. The molecule has 9 heteroatoms. The first-order chi connectivity index (χ1) is 17.9. The van der Waals surface area contributed by atoms with E-state index in [2.05, 4.69) is 20.5 Å². The van der Waals surface area contributed by atoms with E-state index in [0.717, 1.165) is 36.0 Å². The molecular formula is C28H25F2N5O2. The van der Waals surface area contributed by atoms with Gasteiger partial charge in [-0.1, -0.05) is 18.2 Å². The largest absolute Gasteiger partial charge is 0.433 e. The fourth-order valence-electron chi connectivity index (χ4n) is 4.77. The number of oxazole rings is 1. The molecule has 7 nitrogen and oxygen atoms in total. The van der Waals surface area contributed by atoms with Crippen LogP contribution in [0.15, 0.2) is 65.3 Å². The number of rotatable bonds is 7. The van der Waals surface area contributed by atoms with Gasteiger partial charge < -0.3 is 19.4 Å². The van der Waals surface area contributed by atoms with Gasteiger partial charge in [0.15, 0.2) is 17.2 Å². The Morgan fingerprint density at radius 3 is 2.65 bits per heavy atom. The third-order valence-corrected chi connectivity index (χ3v) is 6.93. The van der Waals surface area contributed by atoms with Crippen LogP contribution < -0.4 is 5.32 Å². The Morgan fingerprint density at radius 1 is 1.05 bits per heavy atom. The molecule has 5 aromatic rings. The molecule has 2 heterocycles. The number of benzene rings is 3. The molecule has 0 aliphatic heterocycles. The van der Waals surface area contributed by atoms with Crippen LogP contribution in [0.4, 0.5) is 8.78 Å². The molecule has 0 radical (unpaired) electrons. The first kappa shape index (κ1) is 23.4. The lowest BCUT2D eigenvalue weighted by molar-refractivity contribution is -0.0314. The summed E-state index contributed by atoms with van der Waals surface area (Å²) in [5.41, 5.74) is 3.41. The molecule has 1 fully saturated rings. The molecule has 0 bridgehead atoms. The van der Waals surface area contributed by atoms with Crippen molar-refractivity contribution in [3.63, 3.8) is 0 Å². The zero-order valence-corrected chi connectivity index (χ0v) is 20.2. The van der Waals surface area contributed by atoms with Crippen LogP contribution in [0.2, 0.25) is 0 Å². The van der Waals surface area contributed by atoms with Gasteiger partial charge in [-0.2, -0.15) is 0 Å². The summed E-state index contributed by atoms with van der Waals surface area (Å²) in [5, 5.41) is 21.5. The van der Waals surface area contributed by atoms with E-state index in [1.807, 2.05) is 24.3 Å². The molecule has 3 aromatic carbocycles. The van der Waals surface area contributed by atoms with Gasteiger partial charge in [0, 0.05) is 31.3 Å². The number of aryl methyl sites for hydroxylation is 1. The number of aliphatic hydroxyl groups is 1. The second-order valence-electron chi connectivity index (χ2n) is 9.66. The first-order valence-electron chi connectivity index (χ1n) is 12.2. The maximum absolute atomic E-state index is 14.9. The molecule has 1 aliphatic carbocycles. The Labute approximate surface area is 211 Å². The lowest BCUT2D eigenvalue weighted by Crippen LogP contribution is -2.45. The van der Waals surface area contributed by atoms with E-state index in [4.69, 9.17) is 4.42 Å². The van der Waals surface area contributed by atoms with Gasteiger partial charge in [0.05, 0.1) is 5.60 Å². The quantitative estimate of drug-likeness (QED) is 0.317. The minimum absolute atomic E-state index is 0.0864. The molecule has 0 atom stereocenters. The summed E-state index contributed by atoms with van der Waals surface area (Å²) in [5.74, 6) is -0.0458. The average Bonchev–Trinajstić information content (AvgIpc) is 3.49. The van der Waals surface area contributed by atoms with Gasteiger partial charge in [0.2, 0.25) is 5.89 Å². The molecule has 6 rings (SSSR count). The van der Waals surface area contributed by atoms with Crippen LogP contribution >= 0.6 is 0 Å². The molecule has 2 N–H and O–H groups in total. The van der Waals surface area contributed by atoms with Crippen LogP contribution in [0.5, 0.6) is 0 Å². The standard InChI is InChI=1S/C28H25F2N5O2/c1-35-16-32-34-26(35)22-13-20(29)6-7-21(22)18-4-2-5-19(12-18)27-33-24-11-17(10-23(30)25(24)37-27)14-31-15-28(36)8-3-9-28/h2,4-7,10-13,16,31,36H,3,8-9,14-15H2,1H3. The summed E-state index contributed by atoms with van der Waals surface area (Å²) in [4.78, 5) is 4.55. The van der Waals surface area contributed by atoms with Crippen molar-refractivity contribution in [1.82, 2.24) is 25.1 Å². The second-order valence-corrected chi connectivity index (χ2v) is 9.66. The van der Waals surface area contributed by atoms with Crippen molar-refractivity contribution in [1.29, 1.82) is 0 Å². The Morgan fingerprint density at radius 2 is 1.89 bits per heavy atom. The summed E-state index contributed by atoms with van der Waals surface area (Å²) >= 11 is 0. The van der Waals surface area contributed by atoms with E-state index >= 15 is 0 Å². The highest BCUT2D eigenvalue weighted by Crippen LogP contribution is 2.35. The highest BCUT2D eigenvalue weighted by atomic mass is 19.1. The molecular weight excluding hydrogens is 476 g/mol. The summed E-state index contributed by atoms with van der Waals surface area (Å²) in [6.45, 7) is 0.894. The Bertz CT molecular complexity index is 1610. The van der Waals surface area contributed by atoms with Crippen molar-refractivity contribution >= 4 is 11.1 Å². The SMILES string of the molecule is Cn1cnnc1-c1cc(F)ccc1-c1cccc(-c2nc3cc(CNCC4(O)CCC4)cc(F)c3o2)c1. The summed E-state index contributed by atoms with van der Waals surface area (Å²) in [6.07, 6.45) is 4.17. The van der Waals surface area contributed by atoms with E-state index in [1.165, 1.54) is 18.2 Å². The first-order valence-corrected chi connectivity index (χ1v) is 12.2. The van der Waals surface area contributed by atoms with Crippen LogP contribution in [0, 0.1) is 11.6 Å². The zero-order valence-electron chi connectivity index (χ0n) is 20.2. The monoisotopic (exact) mass is 501 g/mol. The van der Waals surface area contributed by atoms with E-state index in [0.29, 0.717) is 35.6 Å². The third-order valence-electron chi connectivity index (χ3n) is 6.93. The maximum atomic E-state index is 14.9. The van der Waals surface area contributed by atoms with Gasteiger partial charge in [-0.3, -0.25) is 0 Å². The predicted molar refractivity (Wildman–Crippen MR) is 135 cm³/mol. The highest BCUT2D eigenvalue weighted by Gasteiger charge is 2.33. The van der Waals surface area contributed by atoms with Crippen molar-refractivity contribution in [2.75, 3.05) is 6.54 Å². The van der Waals surface area contributed by atoms with Crippen molar-refractivity contribution in [3.05, 3.63) is 78.1 Å². The topological polar surface area (TPSA) is 89.0 Å². The molecule has 0 amide bonds. The highest BCUT2D eigenvalue weighted by molar-refractivity contribution is 5.83. The Kier molecular flexibility index (Phi) is 5.81. The molecule has 0 spiro atoms. The van der Waals surface area contributed by atoms with Gasteiger partial charge in [-0.25, -0.2) is 13.8 Å². The van der Waals surface area contributed by atoms with E-state index in [9.17, 15) is 13.9 Å². The van der Waals surface area contributed by atoms with Crippen LogP contribution in [0.3, 0.4) is 0 Å².